The molecule has 2 fully saturated rings. The number of alkyl halides is 1. The van der Waals surface area contributed by atoms with Crippen molar-refractivity contribution >= 4 is 26.0 Å². The minimum absolute atomic E-state index is 0.0827. The first-order chi connectivity index (χ1) is 7.58. The Bertz CT molecular complexity index is 327. The second-order valence-corrected chi connectivity index (χ2v) is 7.82. The van der Waals surface area contributed by atoms with E-state index in [2.05, 4.69) is 15.9 Å². The van der Waals surface area contributed by atoms with Crippen LogP contribution in [0.1, 0.15) is 25.7 Å². The average Bonchev–Trinajstić information content (AvgIpc) is 2.70. The van der Waals surface area contributed by atoms with E-state index >= 15 is 0 Å². The molecule has 2 aliphatic rings. The summed E-state index contributed by atoms with van der Waals surface area (Å²) >= 11 is 3.50. The van der Waals surface area contributed by atoms with E-state index in [1.807, 2.05) is 0 Å². The van der Waals surface area contributed by atoms with Gasteiger partial charge in [0.2, 0.25) is 10.0 Å². The van der Waals surface area contributed by atoms with Crippen LogP contribution in [-0.4, -0.2) is 49.1 Å². The summed E-state index contributed by atoms with van der Waals surface area (Å²) in [6.45, 7) is 1.98. The van der Waals surface area contributed by atoms with Gasteiger partial charge in [0.25, 0.3) is 0 Å². The van der Waals surface area contributed by atoms with Gasteiger partial charge in [-0.25, -0.2) is 12.7 Å². The van der Waals surface area contributed by atoms with Crippen molar-refractivity contribution in [1.29, 1.82) is 0 Å². The molecule has 0 saturated carbocycles. The van der Waals surface area contributed by atoms with Crippen LogP contribution < -0.4 is 0 Å². The van der Waals surface area contributed by atoms with Crippen molar-refractivity contribution in [1.82, 2.24) is 4.31 Å². The molecule has 94 valence electrons. The first-order valence-corrected chi connectivity index (χ1v) is 8.34. The van der Waals surface area contributed by atoms with Crippen molar-refractivity contribution in [3.8, 4) is 0 Å². The number of halogens is 1. The van der Waals surface area contributed by atoms with Gasteiger partial charge in [0, 0.05) is 24.5 Å². The molecule has 4 nitrogen and oxygen atoms in total. The van der Waals surface area contributed by atoms with Crippen molar-refractivity contribution < 1.29 is 13.2 Å². The lowest BCUT2D eigenvalue weighted by molar-refractivity contribution is 0.126. The summed E-state index contributed by atoms with van der Waals surface area (Å²) < 4.78 is 31.2. The minimum atomic E-state index is -3.12. The lowest BCUT2D eigenvalue weighted by Gasteiger charge is -2.29. The highest BCUT2D eigenvalue weighted by Gasteiger charge is 2.31. The Balaban J connectivity index is 1.94. The number of rotatable bonds is 3. The van der Waals surface area contributed by atoms with Crippen molar-refractivity contribution in [2.24, 2.45) is 0 Å². The monoisotopic (exact) mass is 311 g/mol. The van der Waals surface area contributed by atoms with E-state index in [0.29, 0.717) is 24.5 Å². The topological polar surface area (TPSA) is 46.6 Å². The zero-order valence-electron chi connectivity index (χ0n) is 9.27. The number of hydrogen-bond donors (Lipinski definition) is 0. The molecule has 0 N–H and O–H groups in total. The highest BCUT2D eigenvalue weighted by Crippen LogP contribution is 2.22. The van der Waals surface area contributed by atoms with Crippen LogP contribution >= 0.6 is 15.9 Å². The van der Waals surface area contributed by atoms with Gasteiger partial charge in [-0.1, -0.05) is 15.9 Å². The van der Waals surface area contributed by atoms with Gasteiger partial charge >= 0.3 is 0 Å². The minimum Gasteiger partial charge on any atom is -0.377 e. The number of hydrogen-bond acceptors (Lipinski definition) is 3. The quantitative estimate of drug-likeness (QED) is 0.739. The fourth-order valence-electron chi connectivity index (χ4n) is 2.26. The molecule has 0 aromatic rings. The van der Waals surface area contributed by atoms with Crippen LogP contribution in [0, 0.1) is 0 Å². The lowest BCUT2D eigenvalue weighted by Crippen LogP contribution is -2.43. The molecule has 0 spiro atoms. The highest BCUT2D eigenvalue weighted by atomic mass is 79.9. The SMILES string of the molecule is O=S(=O)(CC1CCCO1)N1CCCC(Br)C1. The Morgan fingerprint density at radius 1 is 1.31 bits per heavy atom. The van der Waals surface area contributed by atoms with Crippen LogP contribution in [0.2, 0.25) is 0 Å². The number of ether oxygens (including phenoxy) is 1. The molecule has 0 aromatic heterocycles. The Morgan fingerprint density at radius 3 is 2.75 bits per heavy atom. The first kappa shape index (κ1) is 12.8. The van der Waals surface area contributed by atoms with Gasteiger partial charge in [-0.15, -0.1) is 0 Å². The van der Waals surface area contributed by atoms with Gasteiger partial charge in [-0.05, 0) is 25.7 Å². The van der Waals surface area contributed by atoms with Crippen LogP contribution in [0.5, 0.6) is 0 Å². The van der Waals surface area contributed by atoms with Crippen molar-refractivity contribution in [2.75, 3.05) is 25.4 Å². The van der Waals surface area contributed by atoms with Crippen molar-refractivity contribution in [3.05, 3.63) is 0 Å². The fourth-order valence-corrected chi connectivity index (χ4v) is 4.88. The van der Waals surface area contributed by atoms with Crippen LogP contribution in [0.3, 0.4) is 0 Å². The van der Waals surface area contributed by atoms with E-state index in [9.17, 15) is 8.42 Å². The molecule has 2 saturated heterocycles. The van der Waals surface area contributed by atoms with Crippen LogP contribution in [-0.2, 0) is 14.8 Å². The summed E-state index contributed by atoms with van der Waals surface area (Å²) in [4.78, 5) is 0.306. The Kier molecular flexibility index (Phi) is 4.26. The van der Waals surface area contributed by atoms with E-state index in [-0.39, 0.29) is 11.9 Å². The van der Waals surface area contributed by atoms with Gasteiger partial charge in [-0.2, -0.15) is 0 Å². The van der Waals surface area contributed by atoms with Crippen LogP contribution in [0.15, 0.2) is 0 Å². The molecule has 2 aliphatic heterocycles. The third-order valence-electron chi connectivity index (χ3n) is 3.14. The number of sulfonamides is 1. The third-order valence-corrected chi connectivity index (χ3v) is 5.80. The summed E-state index contributed by atoms with van der Waals surface area (Å²) in [5.41, 5.74) is 0. The summed E-state index contributed by atoms with van der Waals surface area (Å²) in [7, 11) is -3.12. The van der Waals surface area contributed by atoms with Gasteiger partial charge in [0.05, 0.1) is 11.9 Å². The molecule has 0 aliphatic carbocycles. The second-order valence-electron chi connectivity index (χ2n) is 4.51. The summed E-state index contributed by atoms with van der Waals surface area (Å²) in [5.74, 6) is 0.159. The Labute approximate surface area is 106 Å². The predicted molar refractivity (Wildman–Crippen MR) is 66.3 cm³/mol. The maximum atomic E-state index is 12.1. The summed E-state index contributed by atoms with van der Waals surface area (Å²) in [6, 6.07) is 0. The molecule has 0 aromatic carbocycles. The summed E-state index contributed by atoms with van der Waals surface area (Å²) in [5, 5.41) is 0. The smallest absolute Gasteiger partial charge is 0.216 e. The van der Waals surface area contributed by atoms with Gasteiger partial charge < -0.3 is 4.74 Å². The molecule has 2 heterocycles. The Hall–Kier alpha value is 0.350. The molecular weight excluding hydrogens is 294 g/mol. The van der Waals surface area contributed by atoms with Gasteiger partial charge in [0.1, 0.15) is 0 Å². The highest BCUT2D eigenvalue weighted by molar-refractivity contribution is 9.09. The van der Waals surface area contributed by atoms with E-state index < -0.39 is 10.0 Å². The number of nitrogens with zero attached hydrogens (tertiary/aromatic N) is 1. The lowest BCUT2D eigenvalue weighted by atomic mass is 10.2. The van der Waals surface area contributed by atoms with Gasteiger partial charge in [-0.3, -0.25) is 0 Å². The number of piperidine rings is 1. The maximum absolute atomic E-state index is 12.1. The van der Waals surface area contributed by atoms with E-state index in [1.165, 1.54) is 0 Å². The molecule has 16 heavy (non-hydrogen) atoms. The third kappa shape index (κ3) is 3.18. The normalized spacial score (nSPS) is 33.1. The van der Waals surface area contributed by atoms with Crippen molar-refractivity contribution in [3.63, 3.8) is 0 Å². The second kappa shape index (κ2) is 5.33. The fraction of sp³-hybridized carbons (Fsp3) is 1.00. The van der Waals surface area contributed by atoms with Crippen LogP contribution in [0.4, 0.5) is 0 Å². The van der Waals surface area contributed by atoms with Crippen LogP contribution in [0.25, 0.3) is 0 Å². The molecule has 2 atom stereocenters. The standard InChI is InChI=1S/C10H18BrNO3S/c11-9-3-1-5-12(7-9)16(13,14)8-10-4-2-6-15-10/h9-10H,1-8H2. The summed E-state index contributed by atoms with van der Waals surface area (Å²) in [6.07, 6.45) is 3.79. The largest absolute Gasteiger partial charge is 0.377 e. The van der Waals surface area contributed by atoms with Gasteiger partial charge in [0.15, 0.2) is 0 Å². The van der Waals surface area contributed by atoms with Crippen molar-refractivity contribution in [2.45, 2.75) is 36.6 Å². The molecule has 6 heteroatoms. The molecular formula is C10H18BrNO3S. The zero-order valence-corrected chi connectivity index (χ0v) is 11.7. The Morgan fingerprint density at radius 2 is 2.12 bits per heavy atom. The zero-order chi connectivity index (χ0) is 11.6. The van der Waals surface area contributed by atoms with E-state index in [1.54, 1.807) is 4.31 Å². The van der Waals surface area contributed by atoms with E-state index in [4.69, 9.17) is 4.74 Å². The molecule has 2 rings (SSSR count). The molecule has 0 radical (unpaired) electrons. The molecule has 0 amide bonds. The maximum Gasteiger partial charge on any atom is 0.216 e. The van der Waals surface area contributed by atoms with E-state index in [0.717, 1.165) is 25.7 Å². The predicted octanol–water partition coefficient (Wildman–Crippen LogP) is 1.35. The molecule has 2 unspecified atom stereocenters. The average molecular weight is 312 g/mol. The first-order valence-electron chi connectivity index (χ1n) is 5.81. The molecule has 0 bridgehead atoms.